The summed E-state index contributed by atoms with van der Waals surface area (Å²) in [7, 11) is 0. The first-order chi connectivity index (χ1) is 7.00. The smallest absolute Gasteiger partial charge is 0.324 e. The highest BCUT2D eigenvalue weighted by molar-refractivity contribution is 8.00. The maximum atomic E-state index is 11.3. The zero-order chi connectivity index (χ0) is 11.5. The minimum atomic E-state index is -0.831. The molecular formula is C12H16O2S. The van der Waals surface area contributed by atoms with E-state index in [1.165, 1.54) is 11.8 Å². The van der Waals surface area contributed by atoms with Crippen molar-refractivity contribution >= 4 is 17.7 Å². The van der Waals surface area contributed by atoms with Gasteiger partial charge in [-0.05, 0) is 25.2 Å². The maximum absolute atomic E-state index is 11.3. The number of hydrogen-bond donors (Lipinski definition) is 1. The Morgan fingerprint density at radius 3 is 2.33 bits per heavy atom. The van der Waals surface area contributed by atoms with Crippen LogP contribution in [0.5, 0.6) is 0 Å². The molecule has 1 unspecified atom stereocenters. The Bertz CT molecular complexity index is 345. The van der Waals surface area contributed by atoms with Gasteiger partial charge in [0.1, 0.15) is 4.75 Å². The molecule has 1 aromatic rings. The van der Waals surface area contributed by atoms with Crippen molar-refractivity contribution in [2.75, 3.05) is 5.75 Å². The Hall–Kier alpha value is -0.960. The summed E-state index contributed by atoms with van der Waals surface area (Å²) in [5.41, 5.74) is 2.00. The molecule has 0 amide bonds. The van der Waals surface area contributed by atoms with Gasteiger partial charge in [0.25, 0.3) is 0 Å². The molecule has 1 atom stereocenters. The molecule has 2 nitrogen and oxygen atoms in total. The fourth-order valence-electron chi connectivity index (χ4n) is 1.43. The van der Waals surface area contributed by atoms with E-state index in [1.807, 2.05) is 38.1 Å². The van der Waals surface area contributed by atoms with E-state index >= 15 is 0 Å². The molecule has 0 radical (unpaired) electrons. The lowest BCUT2D eigenvalue weighted by Crippen LogP contribution is -2.28. The third kappa shape index (κ3) is 2.53. The molecular weight excluding hydrogens is 208 g/mol. The van der Waals surface area contributed by atoms with Gasteiger partial charge in [0, 0.05) is 0 Å². The highest BCUT2D eigenvalue weighted by atomic mass is 32.2. The highest BCUT2D eigenvalue weighted by Gasteiger charge is 2.34. The molecule has 1 N–H and O–H groups in total. The first-order valence-electron chi connectivity index (χ1n) is 4.95. The van der Waals surface area contributed by atoms with Crippen LogP contribution in [0.3, 0.4) is 0 Å². The van der Waals surface area contributed by atoms with Crippen molar-refractivity contribution in [3.05, 3.63) is 35.4 Å². The number of carbonyl (C=O) groups is 1. The Balaban J connectivity index is 3.09. The lowest BCUT2D eigenvalue weighted by Gasteiger charge is -2.24. The summed E-state index contributed by atoms with van der Waals surface area (Å²) in [5.74, 6) is 0.00893. The number of carboxylic acid groups (broad SMARTS) is 1. The topological polar surface area (TPSA) is 37.3 Å². The maximum Gasteiger partial charge on any atom is 0.324 e. The normalized spacial score (nSPS) is 14.6. The number of hydrogen-bond acceptors (Lipinski definition) is 2. The van der Waals surface area contributed by atoms with Crippen LogP contribution in [0.2, 0.25) is 0 Å². The molecule has 0 spiro atoms. The summed E-state index contributed by atoms with van der Waals surface area (Å²) in [6.45, 7) is 5.73. The van der Waals surface area contributed by atoms with E-state index in [4.69, 9.17) is 0 Å². The molecule has 1 aromatic carbocycles. The first-order valence-corrected chi connectivity index (χ1v) is 5.93. The minimum Gasteiger partial charge on any atom is -0.480 e. The van der Waals surface area contributed by atoms with Crippen molar-refractivity contribution in [3.63, 3.8) is 0 Å². The minimum absolute atomic E-state index is 0.779. The van der Waals surface area contributed by atoms with Crippen LogP contribution in [-0.2, 0) is 9.54 Å². The number of rotatable bonds is 4. The van der Waals surface area contributed by atoms with Crippen LogP contribution < -0.4 is 0 Å². The molecule has 0 aliphatic heterocycles. The predicted molar refractivity (Wildman–Crippen MR) is 64.3 cm³/mol. The molecule has 0 bridgehead atoms. The molecule has 0 heterocycles. The van der Waals surface area contributed by atoms with E-state index in [0.29, 0.717) is 0 Å². The quantitative estimate of drug-likeness (QED) is 0.854. The van der Waals surface area contributed by atoms with Gasteiger partial charge >= 0.3 is 5.97 Å². The molecule has 0 fully saturated rings. The molecule has 15 heavy (non-hydrogen) atoms. The van der Waals surface area contributed by atoms with E-state index in [-0.39, 0.29) is 0 Å². The molecule has 0 saturated carbocycles. The fourth-order valence-corrected chi connectivity index (χ4v) is 2.43. The standard InChI is InChI=1S/C12H16O2S/c1-4-15-12(3,11(13)14)10-7-5-9(2)6-8-10/h5-8H,4H2,1-3H3,(H,13,14). The lowest BCUT2D eigenvalue weighted by molar-refractivity contribution is -0.139. The van der Waals surface area contributed by atoms with Crippen molar-refractivity contribution in [1.29, 1.82) is 0 Å². The van der Waals surface area contributed by atoms with Gasteiger partial charge in [-0.3, -0.25) is 4.79 Å². The van der Waals surface area contributed by atoms with Crippen molar-refractivity contribution in [2.24, 2.45) is 0 Å². The van der Waals surface area contributed by atoms with Crippen LogP contribution in [0, 0.1) is 6.92 Å². The number of carboxylic acids is 1. The van der Waals surface area contributed by atoms with E-state index in [2.05, 4.69) is 0 Å². The lowest BCUT2D eigenvalue weighted by atomic mass is 9.99. The van der Waals surface area contributed by atoms with Crippen LogP contribution in [0.15, 0.2) is 24.3 Å². The van der Waals surface area contributed by atoms with E-state index in [9.17, 15) is 9.90 Å². The van der Waals surface area contributed by atoms with Crippen LogP contribution >= 0.6 is 11.8 Å². The highest BCUT2D eigenvalue weighted by Crippen LogP contribution is 2.36. The average molecular weight is 224 g/mol. The van der Waals surface area contributed by atoms with Crippen molar-refractivity contribution in [2.45, 2.75) is 25.5 Å². The summed E-state index contributed by atoms with van der Waals surface area (Å²) in [5, 5.41) is 9.27. The molecule has 0 saturated heterocycles. The predicted octanol–water partition coefficient (Wildman–Crippen LogP) is 3.05. The molecule has 0 aromatic heterocycles. The number of aliphatic carboxylic acids is 1. The third-order valence-corrected chi connectivity index (χ3v) is 3.72. The summed E-state index contributed by atoms with van der Waals surface area (Å²) in [6, 6.07) is 7.69. The van der Waals surface area contributed by atoms with Gasteiger partial charge < -0.3 is 5.11 Å². The largest absolute Gasteiger partial charge is 0.480 e. The number of thioether (sulfide) groups is 1. The third-order valence-electron chi connectivity index (χ3n) is 2.44. The van der Waals surface area contributed by atoms with Crippen LogP contribution in [-0.4, -0.2) is 16.8 Å². The van der Waals surface area contributed by atoms with Crippen molar-refractivity contribution < 1.29 is 9.90 Å². The van der Waals surface area contributed by atoms with Crippen molar-refractivity contribution in [3.8, 4) is 0 Å². The Labute approximate surface area is 94.7 Å². The van der Waals surface area contributed by atoms with Gasteiger partial charge in [0.2, 0.25) is 0 Å². The van der Waals surface area contributed by atoms with Crippen LogP contribution in [0.1, 0.15) is 25.0 Å². The molecule has 0 aliphatic rings. The summed E-state index contributed by atoms with van der Waals surface area (Å²) in [6.07, 6.45) is 0. The second-order valence-electron chi connectivity index (χ2n) is 3.64. The van der Waals surface area contributed by atoms with Gasteiger partial charge in [-0.15, -0.1) is 11.8 Å². The molecule has 82 valence electrons. The monoisotopic (exact) mass is 224 g/mol. The summed E-state index contributed by atoms with van der Waals surface area (Å²) >= 11 is 1.45. The fraction of sp³-hybridized carbons (Fsp3) is 0.417. The van der Waals surface area contributed by atoms with Crippen LogP contribution in [0.25, 0.3) is 0 Å². The van der Waals surface area contributed by atoms with Gasteiger partial charge in [-0.2, -0.15) is 0 Å². The van der Waals surface area contributed by atoms with E-state index < -0.39 is 10.7 Å². The molecule has 1 rings (SSSR count). The SMILES string of the molecule is CCSC(C)(C(=O)O)c1ccc(C)cc1. The Kier molecular flexibility index (Phi) is 3.80. The van der Waals surface area contributed by atoms with Crippen molar-refractivity contribution in [1.82, 2.24) is 0 Å². The van der Waals surface area contributed by atoms with Gasteiger partial charge in [0.05, 0.1) is 0 Å². The van der Waals surface area contributed by atoms with Gasteiger partial charge in [-0.25, -0.2) is 0 Å². The second-order valence-corrected chi connectivity index (χ2v) is 5.32. The molecule has 3 heteroatoms. The van der Waals surface area contributed by atoms with Crippen LogP contribution in [0.4, 0.5) is 0 Å². The summed E-state index contributed by atoms with van der Waals surface area (Å²) in [4.78, 5) is 11.3. The summed E-state index contributed by atoms with van der Waals surface area (Å²) < 4.78 is -0.831. The Morgan fingerprint density at radius 2 is 1.93 bits per heavy atom. The average Bonchev–Trinajstić information content (AvgIpc) is 2.18. The number of benzene rings is 1. The van der Waals surface area contributed by atoms with Gasteiger partial charge in [-0.1, -0.05) is 36.8 Å². The zero-order valence-corrected chi connectivity index (χ0v) is 10.1. The van der Waals surface area contributed by atoms with Gasteiger partial charge in [0.15, 0.2) is 0 Å². The first kappa shape index (κ1) is 12.1. The second kappa shape index (κ2) is 4.71. The molecule has 0 aliphatic carbocycles. The van der Waals surface area contributed by atoms with E-state index in [0.717, 1.165) is 16.9 Å². The van der Waals surface area contributed by atoms with E-state index in [1.54, 1.807) is 6.92 Å². The zero-order valence-electron chi connectivity index (χ0n) is 9.28. The Morgan fingerprint density at radius 1 is 1.40 bits per heavy atom. The number of aryl methyl sites for hydroxylation is 1.